The van der Waals surface area contributed by atoms with Gasteiger partial charge in [-0.15, -0.1) is 0 Å². The van der Waals surface area contributed by atoms with Crippen molar-refractivity contribution in [2.75, 3.05) is 10.6 Å². The van der Waals surface area contributed by atoms with Gasteiger partial charge in [-0.25, -0.2) is 0 Å². The van der Waals surface area contributed by atoms with E-state index in [0.717, 1.165) is 30.7 Å². The second kappa shape index (κ2) is 7.13. The SMILES string of the molecule is O=C(Nc1ccc(C(F)(F)F)cc1)c1cc(NC2CCCC2)ccn1. The molecule has 0 spiro atoms. The Morgan fingerprint density at radius 3 is 2.36 bits per heavy atom. The highest BCUT2D eigenvalue weighted by atomic mass is 19.4. The van der Waals surface area contributed by atoms with Gasteiger partial charge in [0.25, 0.3) is 5.91 Å². The van der Waals surface area contributed by atoms with Crippen molar-refractivity contribution in [3.63, 3.8) is 0 Å². The molecule has 0 unspecified atom stereocenters. The molecule has 1 saturated carbocycles. The van der Waals surface area contributed by atoms with Gasteiger partial charge >= 0.3 is 6.18 Å². The van der Waals surface area contributed by atoms with E-state index in [2.05, 4.69) is 15.6 Å². The van der Waals surface area contributed by atoms with Crippen molar-refractivity contribution < 1.29 is 18.0 Å². The van der Waals surface area contributed by atoms with E-state index < -0.39 is 17.6 Å². The molecule has 1 heterocycles. The monoisotopic (exact) mass is 349 g/mol. The summed E-state index contributed by atoms with van der Waals surface area (Å²) in [5.41, 5.74) is 0.558. The predicted molar refractivity (Wildman–Crippen MR) is 89.5 cm³/mol. The number of alkyl halides is 3. The van der Waals surface area contributed by atoms with Crippen molar-refractivity contribution in [1.82, 2.24) is 4.98 Å². The molecular formula is C18H18F3N3O. The summed E-state index contributed by atoms with van der Waals surface area (Å²) < 4.78 is 37.7. The first-order chi connectivity index (χ1) is 11.9. The van der Waals surface area contributed by atoms with E-state index in [4.69, 9.17) is 0 Å². The van der Waals surface area contributed by atoms with E-state index in [1.807, 2.05) is 0 Å². The normalized spacial score (nSPS) is 15.2. The molecule has 2 N–H and O–H groups in total. The quantitative estimate of drug-likeness (QED) is 0.841. The fourth-order valence-electron chi connectivity index (χ4n) is 2.89. The maximum atomic E-state index is 12.6. The number of aromatic nitrogens is 1. The summed E-state index contributed by atoms with van der Waals surface area (Å²) in [6.07, 6.45) is 1.75. The molecule has 132 valence electrons. The zero-order chi connectivity index (χ0) is 17.9. The van der Waals surface area contributed by atoms with Crippen LogP contribution in [0.15, 0.2) is 42.6 Å². The minimum absolute atomic E-state index is 0.211. The van der Waals surface area contributed by atoms with Crippen LogP contribution in [-0.2, 0) is 6.18 Å². The van der Waals surface area contributed by atoms with Gasteiger partial charge in [0, 0.05) is 23.6 Å². The molecule has 0 atom stereocenters. The highest BCUT2D eigenvalue weighted by molar-refractivity contribution is 6.03. The average Bonchev–Trinajstić information content (AvgIpc) is 3.08. The molecule has 3 rings (SSSR count). The van der Waals surface area contributed by atoms with E-state index in [1.165, 1.54) is 25.0 Å². The van der Waals surface area contributed by atoms with Crippen molar-refractivity contribution in [2.45, 2.75) is 37.9 Å². The molecule has 7 heteroatoms. The molecule has 1 aromatic heterocycles. The standard InChI is InChI=1S/C18H18F3N3O/c19-18(20,21)12-5-7-14(8-6-12)24-17(25)16-11-15(9-10-22-16)23-13-3-1-2-4-13/h5-11,13H,1-4H2,(H,22,23)(H,24,25). The van der Waals surface area contributed by atoms with Gasteiger partial charge in [-0.1, -0.05) is 12.8 Å². The molecule has 1 aliphatic carbocycles. The Morgan fingerprint density at radius 1 is 1.04 bits per heavy atom. The number of carbonyl (C=O) groups is 1. The van der Waals surface area contributed by atoms with E-state index in [1.54, 1.807) is 18.3 Å². The zero-order valence-corrected chi connectivity index (χ0v) is 13.4. The molecule has 0 saturated heterocycles. The summed E-state index contributed by atoms with van der Waals surface area (Å²) >= 11 is 0. The largest absolute Gasteiger partial charge is 0.416 e. The number of nitrogens with zero attached hydrogens (tertiary/aromatic N) is 1. The Balaban J connectivity index is 1.66. The van der Waals surface area contributed by atoms with Crippen molar-refractivity contribution in [2.24, 2.45) is 0 Å². The molecule has 4 nitrogen and oxygen atoms in total. The van der Waals surface area contributed by atoms with Crippen molar-refractivity contribution in [1.29, 1.82) is 0 Å². The number of hydrogen-bond acceptors (Lipinski definition) is 3. The molecule has 0 bridgehead atoms. The molecule has 1 fully saturated rings. The lowest BCUT2D eigenvalue weighted by molar-refractivity contribution is -0.137. The first-order valence-electron chi connectivity index (χ1n) is 8.13. The Kier molecular flexibility index (Phi) is 4.92. The van der Waals surface area contributed by atoms with Crippen LogP contribution in [0.5, 0.6) is 0 Å². The van der Waals surface area contributed by atoms with Crippen LogP contribution in [0.1, 0.15) is 41.7 Å². The number of nitrogens with one attached hydrogen (secondary N) is 2. The lowest BCUT2D eigenvalue weighted by Gasteiger charge is -2.14. The van der Waals surface area contributed by atoms with Crippen LogP contribution in [0.2, 0.25) is 0 Å². The van der Waals surface area contributed by atoms with Gasteiger partial charge in [0.2, 0.25) is 0 Å². The maximum absolute atomic E-state index is 12.6. The summed E-state index contributed by atoms with van der Waals surface area (Å²) in [5.74, 6) is -0.463. The summed E-state index contributed by atoms with van der Waals surface area (Å²) in [6.45, 7) is 0. The van der Waals surface area contributed by atoms with Crippen molar-refractivity contribution >= 4 is 17.3 Å². The maximum Gasteiger partial charge on any atom is 0.416 e. The third-order valence-corrected chi connectivity index (χ3v) is 4.19. The summed E-state index contributed by atoms with van der Waals surface area (Å²) in [5, 5.41) is 5.94. The van der Waals surface area contributed by atoms with Crippen LogP contribution in [0.4, 0.5) is 24.5 Å². The van der Waals surface area contributed by atoms with Gasteiger partial charge in [-0.3, -0.25) is 9.78 Å². The van der Waals surface area contributed by atoms with Crippen LogP contribution < -0.4 is 10.6 Å². The summed E-state index contributed by atoms with van der Waals surface area (Å²) in [6, 6.07) is 8.17. The van der Waals surface area contributed by atoms with Gasteiger partial charge in [-0.05, 0) is 49.2 Å². The molecule has 0 radical (unpaired) electrons. The molecule has 1 aliphatic rings. The Labute approximate surface area is 143 Å². The molecule has 2 aromatic rings. The number of carbonyl (C=O) groups excluding carboxylic acids is 1. The average molecular weight is 349 g/mol. The molecular weight excluding hydrogens is 331 g/mol. The first kappa shape index (κ1) is 17.3. The number of rotatable bonds is 4. The van der Waals surface area contributed by atoms with E-state index in [0.29, 0.717) is 6.04 Å². The second-order valence-electron chi connectivity index (χ2n) is 6.08. The van der Waals surface area contributed by atoms with Crippen LogP contribution in [0.3, 0.4) is 0 Å². The minimum Gasteiger partial charge on any atom is -0.382 e. The third kappa shape index (κ3) is 4.49. The molecule has 0 aliphatic heterocycles. The highest BCUT2D eigenvalue weighted by Gasteiger charge is 2.30. The van der Waals surface area contributed by atoms with Gasteiger partial charge in [0.05, 0.1) is 5.56 Å². The highest BCUT2D eigenvalue weighted by Crippen LogP contribution is 2.30. The van der Waals surface area contributed by atoms with Crippen LogP contribution in [-0.4, -0.2) is 16.9 Å². The van der Waals surface area contributed by atoms with E-state index in [9.17, 15) is 18.0 Å². The van der Waals surface area contributed by atoms with Crippen molar-refractivity contribution in [3.8, 4) is 0 Å². The predicted octanol–water partition coefficient (Wildman–Crippen LogP) is 4.71. The Morgan fingerprint density at radius 2 is 1.72 bits per heavy atom. The molecule has 1 amide bonds. The number of halogens is 3. The zero-order valence-electron chi connectivity index (χ0n) is 13.4. The van der Waals surface area contributed by atoms with Gasteiger partial charge < -0.3 is 10.6 Å². The lowest BCUT2D eigenvalue weighted by atomic mass is 10.2. The fourth-order valence-corrected chi connectivity index (χ4v) is 2.89. The smallest absolute Gasteiger partial charge is 0.382 e. The van der Waals surface area contributed by atoms with Crippen molar-refractivity contribution in [3.05, 3.63) is 53.9 Å². The van der Waals surface area contributed by atoms with E-state index in [-0.39, 0.29) is 11.4 Å². The lowest BCUT2D eigenvalue weighted by Crippen LogP contribution is -2.17. The molecule has 25 heavy (non-hydrogen) atoms. The molecule has 1 aromatic carbocycles. The summed E-state index contributed by atoms with van der Waals surface area (Å²) in [4.78, 5) is 16.3. The van der Waals surface area contributed by atoms with Crippen LogP contribution >= 0.6 is 0 Å². The van der Waals surface area contributed by atoms with E-state index >= 15 is 0 Å². The van der Waals surface area contributed by atoms with Gasteiger partial charge in [0.15, 0.2) is 0 Å². The summed E-state index contributed by atoms with van der Waals surface area (Å²) in [7, 11) is 0. The Hall–Kier alpha value is -2.57. The number of anilines is 2. The minimum atomic E-state index is -4.40. The number of amides is 1. The number of pyridine rings is 1. The Bertz CT molecular complexity index is 738. The third-order valence-electron chi connectivity index (χ3n) is 4.19. The first-order valence-corrected chi connectivity index (χ1v) is 8.13. The fraction of sp³-hybridized carbons (Fsp3) is 0.333. The topological polar surface area (TPSA) is 54.0 Å². The second-order valence-corrected chi connectivity index (χ2v) is 6.08. The number of hydrogen-bond donors (Lipinski definition) is 2. The van der Waals surface area contributed by atoms with Crippen LogP contribution in [0, 0.1) is 0 Å². The van der Waals surface area contributed by atoms with Gasteiger partial charge in [0.1, 0.15) is 5.69 Å². The van der Waals surface area contributed by atoms with Gasteiger partial charge in [-0.2, -0.15) is 13.2 Å². The number of benzene rings is 1. The van der Waals surface area contributed by atoms with Crippen LogP contribution in [0.25, 0.3) is 0 Å².